The van der Waals surface area contributed by atoms with Crippen LogP contribution in [0.5, 0.6) is 0 Å². The van der Waals surface area contributed by atoms with E-state index in [-0.39, 0.29) is 24.1 Å². The average Bonchev–Trinajstić information content (AvgIpc) is 3.12. The van der Waals surface area contributed by atoms with Crippen molar-refractivity contribution in [2.24, 2.45) is 11.3 Å². The van der Waals surface area contributed by atoms with Crippen molar-refractivity contribution in [3.05, 3.63) is 22.4 Å². The number of ether oxygens (including phenoxy) is 1. The highest BCUT2D eigenvalue weighted by molar-refractivity contribution is 7.08. The van der Waals surface area contributed by atoms with Crippen LogP contribution in [0.2, 0.25) is 0 Å². The first-order valence-electron chi connectivity index (χ1n) is 8.08. The van der Waals surface area contributed by atoms with Crippen molar-refractivity contribution in [1.82, 2.24) is 10.6 Å². The van der Waals surface area contributed by atoms with E-state index >= 15 is 0 Å². The Morgan fingerprint density at radius 3 is 2.74 bits per heavy atom. The van der Waals surface area contributed by atoms with E-state index in [1.807, 2.05) is 16.8 Å². The van der Waals surface area contributed by atoms with E-state index in [9.17, 15) is 9.90 Å². The van der Waals surface area contributed by atoms with Crippen LogP contribution in [-0.4, -0.2) is 36.9 Å². The van der Waals surface area contributed by atoms with Gasteiger partial charge in [0.2, 0.25) is 0 Å². The lowest BCUT2D eigenvalue weighted by Gasteiger charge is -2.31. The molecule has 1 aliphatic heterocycles. The first-order chi connectivity index (χ1) is 10.7. The van der Waals surface area contributed by atoms with Crippen molar-refractivity contribution < 1.29 is 14.6 Å². The van der Waals surface area contributed by atoms with Crippen molar-refractivity contribution in [2.75, 3.05) is 19.7 Å². The molecule has 2 rings (SSSR count). The number of aliphatic hydroxyl groups is 1. The standard InChI is InChI=1S/C17H28N2O3S/c1-16(2,3)14-12(5-7-22-14)9-18-15(20)19-11-17(4,21)13-6-8-23-10-13/h6,8,10,12,14,21H,5,7,9,11H2,1-4H3,(H2,18,19,20)/t12-,14+,17-/m1/s1. The van der Waals surface area contributed by atoms with Gasteiger partial charge in [-0.15, -0.1) is 0 Å². The Labute approximate surface area is 142 Å². The number of amides is 2. The Bertz CT molecular complexity index is 508. The van der Waals surface area contributed by atoms with Gasteiger partial charge in [0.05, 0.1) is 12.6 Å². The van der Waals surface area contributed by atoms with Gasteiger partial charge >= 0.3 is 6.03 Å². The molecule has 3 N–H and O–H groups in total. The van der Waals surface area contributed by atoms with E-state index < -0.39 is 5.60 Å². The Kier molecular flexibility index (Phi) is 5.70. The molecule has 2 amide bonds. The predicted octanol–water partition coefficient (Wildman–Crippen LogP) is 2.71. The molecule has 1 fully saturated rings. The highest BCUT2D eigenvalue weighted by Gasteiger charge is 2.37. The Morgan fingerprint density at radius 1 is 1.39 bits per heavy atom. The van der Waals surface area contributed by atoms with Gasteiger partial charge in [-0.2, -0.15) is 11.3 Å². The molecule has 2 heterocycles. The molecule has 1 aromatic heterocycles. The number of carbonyl (C=O) groups excluding carboxylic acids is 1. The van der Waals surface area contributed by atoms with Gasteiger partial charge in [-0.25, -0.2) is 4.79 Å². The number of thiophene rings is 1. The second-order valence-corrected chi connectivity index (χ2v) is 8.34. The third-order valence-electron chi connectivity index (χ3n) is 4.33. The average molecular weight is 340 g/mol. The molecule has 1 aromatic rings. The van der Waals surface area contributed by atoms with Crippen LogP contribution in [0, 0.1) is 11.3 Å². The molecule has 0 saturated carbocycles. The minimum absolute atomic E-state index is 0.0714. The molecular formula is C17H28N2O3S. The maximum atomic E-state index is 12.0. The molecular weight excluding hydrogens is 312 g/mol. The number of hydrogen-bond donors (Lipinski definition) is 3. The summed E-state index contributed by atoms with van der Waals surface area (Å²) in [6.45, 7) is 9.71. The van der Waals surface area contributed by atoms with Gasteiger partial charge in [-0.05, 0) is 41.1 Å². The Balaban J connectivity index is 1.77. The van der Waals surface area contributed by atoms with E-state index in [0.29, 0.717) is 12.5 Å². The first-order valence-corrected chi connectivity index (χ1v) is 9.03. The summed E-state index contributed by atoms with van der Waals surface area (Å²) in [6, 6.07) is 1.62. The summed E-state index contributed by atoms with van der Waals surface area (Å²) in [7, 11) is 0. The van der Waals surface area contributed by atoms with Gasteiger partial charge in [0.1, 0.15) is 5.60 Å². The summed E-state index contributed by atoms with van der Waals surface area (Å²) in [6.07, 6.45) is 1.13. The quantitative estimate of drug-likeness (QED) is 0.772. The van der Waals surface area contributed by atoms with Gasteiger partial charge in [0, 0.05) is 19.1 Å². The second kappa shape index (κ2) is 7.20. The molecule has 5 nitrogen and oxygen atoms in total. The van der Waals surface area contributed by atoms with Gasteiger partial charge in [-0.3, -0.25) is 0 Å². The molecule has 0 unspecified atom stereocenters. The maximum absolute atomic E-state index is 12.0. The van der Waals surface area contributed by atoms with Gasteiger partial charge in [0.15, 0.2) is 0 Å². The monoisotopic (exact) mass is 340 g/mol. The van der Waals surface area contributed by atoms with E-state index in [0.717, 1.165) is 18.6 Å². The highest BCUT2D eigenvalue weighted by atomic mass is 32.1. The molecule has 0 aromatic carbocycles. The van der Waals surface area contributed by atoms with Crippen LogP contribution < -0.4 is 10.6 Å². The molecule has 0 bridgehead atoms. The molecule has 0 radical (unpaired) electrons. The van der Waals surface area contributed by atoms with Crippen LogP contribution in [0.4, 0.5) is 4.79 Å². The fourth-order valence-electron chi connectivity index (χ4n) is 3.01. The molecule has 130 valence electrons. The molecule has 1 saturated heterocycles. The molecule has 23 heavy (non-hydrogen) atoms. The Hall–Kier alpha value is -1.11. The fourth-order valence-corrected chi connectivity index (χ4v) is 3.79. The van der Waals surface area contributed by atoms with Crippen molar-refractivity contribution in [2.45, 2.75) is 45.8 Å². The maximum Gasteiger partial charge on any atom is 0.314 e. The minimum Gasteiger partial charge on any atom is -0.384 e. The molecule has 3 atom stereocenters. The third-order valence-corrected chi connectivity index (χ3v) is 5.01. The van der Waals surface area contributed by atoms with Gasteiger partial charge in [0.25, 0.3) is 0 Å². The highest BCUT2D eigenvalue weighted by Crippen LogP contribution is 2.34. The zero-order chi connectivity index (χ0) is 17.1. The number of nitrogens with one attached hydrogen (secondary N) is 2. The van der Waals surface area contributed by atoms with E-state index in [1.165, 1.54) is 11.3 Å². The zero-order valence-corrected chi connectivity index (χ0v) is 15.2. The predicted molar refractivity (Wildman–Crippen MR) is 92.6 cm³/mol. The van der Waals surface area contributed by atoms with Crippen LogP contribution >= 0.6 is 11.3 Å². The largest absolute Gasteiger partial charge is 0.384 e. The summed E-state index contributed by atoms with van der Waals surface area (Å²) in [5.41, 5.74) is -0.163. The van der Waals surface area contributed by atoms with Gasteiger partial charge in [-0.1, -0.05) is 20.8 Å². The van der Waals surface area contributed by atoms with Crippen LogP contribution in [0.1, 0.15) is 39.7 Å². The molecule has 0 aliphatic carbocycles. The van der Waals surface area contributed by atoms with Crippen LogP contribution in [0.3, 0.4) is 0 Å². The van der Waals surface area contributed by atoms with E-state index in [1.54, 1.807) is 6.92 Å². The fraction of sp³-hybridized carbons (Fsp3) is 0.706. The number of urea groups is 1. The van der Waals surface area contributed by atoms with Crippen molar-refractivity contribution in [1.29, 1.82) is 0 Å². The lowest BCUT2D eigenvalue weighted by atomic mass is 9.81. The van der Waals surface area contributed by atoms with E-state index in [2.05, 4.69) is 31.4 Å². The van der Waals surface area contributed by atoms with Crippen molar-refractivity contribution in [3.63, 3.8) is 0 Å². The van der Waals surface area contributed by atoms with Crippen LogP contribution in [0.25, 0.3) is 0 Å². The van der Waals surface area contributed by atoms with Crippen LogP contribution in [0.15, 0.2) is 16.8 Å². The van der Waals surface area contributed by atoms with Gasteiger partial charge < -0.3 is 20.5 Å². The van der Waals surface area contributed by atoms with E-state index in [4.69, 9.17) is 4.74 Å². The summed E-state index contributed by atoms with van der Waals surface area (Å²) >= 11 is 1.53. The van der Waals surface area contributed by atoms with Crippen LogP contribution in [-0.2, 0) is 10.3 Å². The summed E-state index contributed by atoms with van der Waals surface area (Å²) in [5, 5.41) is 19.9. The lowest BCUT2D eigenvalue weighted by molar-refractivity contribution is 0.00767. The SMILES string of the molecule is CC(C)(C)[C@H]1OCC[C@@H]1CNC(=O)NC[C@@](C)(O)c1ccsc1. The normalized spacial score (nSPS) is 24.2. The van der Waals surface area contributed by atoms with Crippen molar-refractivity contribution >= 4 is 17.4 Å². The Morgan fingerprint density at radius 2 is 2.13 bits per heavy atom. The first kappa shape index (κ1) is 18.2. The molecule has 0 spiro atoms. The smallest absolute Gasteiger partial charge is 0.314 e. The summed E-state index contributed by atoms with van der Waals surface area (Å²) in [4.78, 5) is 12.0. The number of rotatable bonds is 5. The minimum atomic E-state index is -1.05. The number of carbonyl (C=O) groups is 1. The lowest BCUT2D eigenvalue weighted by Crippen LogP contribution is -2.46. The van der Waals surface area contributed by atoms with Crippen molar-refractivity contribution in [3.8, 4) is 0 Å². The number of hydrogen-bond acceptors (Lipinski definition) is 4. The summed E-state index contributed by atoms with van der Waals surface area (Å²) in [5.74, 6) is 0.332. The summed E-state index contributed by atoms with van der Waals surface area (Å²) < 4.78 is 5.81. The third kappa shape index (κ3) is 4.93. The molecule has 6 heteroatoms. The topological polar surface area (TPSA) is 70.6 Å². The second-order valence-electron chi connectivity index (χ2n) is 7.56. The zero-order valence-electron chi connectivity index (χ0n) is 14.4. The molecule has 1 aliphatic rings.